The van der Waals surface area contributed by atoms with Crippen LogP contribution in [0.4, 0.5) is 0 Å². The van der Waals surface area contributed by atoms with E-state index in [0.29, 0.717) is 0 Å². The number of guanidine groups is 1. The number of hydrazone groups is 1. The Kier molecular flexibility index (Phi) is 3.01. The third kappa shape index (κ3) is 2.56. The van der Waals surface area contributed by atoms with Crippen molar-refractivity contribution in [3.63, 3.8) is 0 Å². The summed E-state index contributed by atoms with van der Waals surface area (Å²) in [6.45, 7) is 0.758. The fourth-order valence-corrected chi connectivity index (χ4v) is 2.28. The molecule has 0 saturated carbocycles. The van der Waals surface area contributed by atoms with E-state index in [0.717, 1.165) is 31.5 Å². The van der Waals surface area contributed by atoms with Gasteiger partial charge in [-0.2, -0.15) is 16.4 Å². The van der Waals surface area contributed by atoms with Crippen molar-refractivity contribution in [2.24, 2.45) is 10.8 Å². The molecule has 0 bridgehead atoms. The second-order valence-corrected chi connectivity index (χ2v) is 4.34. The zero-order chi connectivity index (χ0) is 10.7. The Balaban J connectivity index is 1.86. The normalized spacial score (nSPS) is 15.5. The first-order valence-electron chi connectivity index (χ1n) is 4.94. The summed E-state index contributed by atoms with van der Waals surface area (Å²) in [7, 11) is 0. The highest BCUT2D eigenvalue weighted by molar-refractivity contribution is 7.07. The van der Waals surface area contributed by atoms with Crippen molar-refractivity contribution in [1.82, 2.24) is 5.01 Å². The maximum atomic E-state index is 7.25. The standard InChI is InChI=1S/C10H14N4S/c11-10(12)14-5-3-9(13-14)2-1-8-4-6-15-7-8/h4,6-7H,1-3,5H2,(H3,11,12). The second kappa shape index (κ2) is 4.44. The number of hydrogen-bond acceptors (Lipinski definition) is 3. The zero-order valence-corrected chi connectivity index (χ0v) is 9.26. The summed E-state index contributed by atoms with van der Waals surface area (Å²) < 4.78 is 0. The molecule has 0 unspecified atom stereocenters. The van der Waals surface area contributed by atoms with Crippen LogP contribution in [0.25, 0.3) is 0 Å². The SMILES string of the molecule is N=C(N)N1CCC(CCc2ccsc2)=N1. The molecule has 1 aliphatic rings. The van der Waals surface area contributed by atoms with Crippen molar-refractivity contribution < 1.29 is 0 Å². The number of nitrogens with two attached hydrogens (primary N) is 1. The predicted octanol–water partition coefficient (Wildman–Crippen LogP) is 1.64. The fourth-order valence-electron chi connectivity index (χ4n) is 1.58. The van der Waals surface area contributed by atoms with Crippen LogP contribution in [0.1, 0.15) is 18.4 Å². The van der Waals surface area contributed by atoms with Crippen molar-refractivity contribution in [1.29, 1.82) is 5.41 Å². The average molecular weight is 222 g/mol. The Bertz CT molecular complexity index is 369. The van der Waals surface area contributed by atoms with Crippen LogP contribution in [0.3, 0.4) is 0 Å². The van der Waals surface area contributed by atoms with Crippen LogP contribution in [-0.2, 0) is 6.42 Å². The van der Waals surface area contributed by atoms with E-state index in [1.165, 1.54) is 5.56 Å². The quantitative estimate of drug-likeness (QED) is 0.603. The molecular weight excluding hydrogens is 208 g/mol. The first-order chi connectivity index (χ1) is 7.25. The third-order valence-electron chi connectivity index (χ3n) is 2.43. The van der Waals surface area contributed by atoms with Gasteiger partial charge in [0.25, 0.3) is 0 Å². The largest absolute Gasteiger partial charge is 0.369 e. The molecule has 0 radical (unpaired) electrons. The van der Waals surface area contributed by atoms with Gasteiger partial charge >= 0.3 is 0 Å². The lowest BCUT2D eigenvalue weighted by Crippen LogP contribution is -2.29. The van der Waals surface area contributed by atoms with E-state index in [2.05, 4.69) is 21.9 Å². The Morgan fingerprint density at radius 3 is 3.07 bits per heavy atom. The molecule has 0 saturated heterocycles. The molecule has 0 fully saturated rings. The number of rotatable bonds is 3. The molecule has 1 aromatic rings. The van der Waals surface area contributed by atoms with Gasteiger partial charge in [-0.3, -0.25) is 5.41 Å². The molecule has 0 spiro atoms. The topological polar surface area (TPSA) is 65.5 Å². The minimum atomic E-state index is 0.0422. The molecular formula is C10H14N4S. The van der Waals surface area contributed by atoms with Gasteiger partial charge in [0.05, 0.1) is 0 Å². The molecule has 4 nitrogen and oxygen atoms in total. The van der Waals surface area contributed by atoms with Crippen LogP contribution in [-0.4, -0.2) is 23.2 Å². The minimum absolute atomic E-state index is 0.0422. The van der Waals surface area contributed by atoms with Gasteiger partial charge in [-0.15, -0.1) is 0 Å². The van der Waals surface area contributed by atoms with Crippen molar-refractivity contribution in [2.75, 3.05) is 6.54 Å². The van der Waals surface area contributed by atoms with Crippen molar-refractivity contribution >= 4 is 23.0 Å². The van der Waals surface area contributed by atoms with E-state index in [1.807, 2.05) is 0 Å². The lowest BCUT2D eigenvalue weighted by Gasteiger charge is -2.08. The number of nitrogens with one attached hydrogen (secondary N) is 1. The second-order valence-electron chi connectivity index (χ2n) is 3.56. The Morgan fingerprint density at radius 2 is 2.47 bits per heavy atom. The summed E-state index contributed by atoms with van der Waals surface area (Å²) in [6.07, 6.45) is 2.94. The van der Waals surface area contributed by atoms with Gasteiger partial charge in [0, 0.05) is 18.7 Å². The van der Waals surface area contributed by atoms with Gasteiger partial charge in [0.15, 0.2) is 0 Å². The molecule has 0 aliphatic carbocycles. The van der Waals surface area contributed by atoms with E-state index in [-0.39, 0.29) is 5.96 Å². The van der Waals surface area contributed by atoms with E-state index >= 15 is 0 Å². The van der Waals surface area contributed by atoms with Gasteiger partial charge in [-0.1, -0.05) is 0 Å². The average Bonchev–Trinajstić information content (AvgIpc) is 2.86. The van der Waals surface area contributed by atoms with E-state index in [1.54, 1.807) is 16.3 Å². The summed E-state index contributed by atoms with van der Waals surface area (Å²) in [5, 5.41) is 17.4. The van der Waals surface area contributed by atoms with Crippen LogP contribution >= 0.6 is 11.3 Å². The number of hydrogen-bond donors (Lipinski definition) is 2. The maximum absolute atomic E-state index is 7.25. The first kappa shape index (κ1) is 10.2. The highest BCUT2D eigenvalue weighted by Crippen LogP contribution is 2.13. The molecule has 15 heavy (non-hydrogen) atoms. The van der Waals surface area contributed by atoms with Crippen LogP contribution in [0.2, 0.25) is 0 Å². The molecule has 1 aliphatic heterocycles. The van der Waals surface area contributed by atoms with E-state index < -0.39 is 0 Å². The zero-order valence-electron chi connectivity index (χ0n) is 8.44. The maximum Gasteiger partial charge on any atom is 0.209 e. The van der Waals surface area contributed by atoms with Crippen molar-refractivity contribution in [2.45, 2.75) is 19.3 Å². The number of nitrogens with zero attached hydrogens (tertiary/aromatic N) is 2. The summed E-state index contributed by atoms with van der Waals surface area (Å²) >= 11 is 1.72. The van der Waals surface area contributed by atoms with Crippen molar-refractivity contribution in [3.8, 4) is 0 Å². The van der Waals surface area contributed by atoms with Gasteiger partial charge in [-0.05, 0) is 35.2 Å². The predicted molar refractivity (Wildman–Crippen MR) is 63.3 cm³/mol. The van der Waals surface area contributed by atoms with Crippen LogP contribution in [0, 0.1) is 5.41 Å². The van der Waals surface area contributed by atoms with Crippen LogP contribution in [0.5, 0.6) is 0 Å². The van der Waals surface area contributed by atoms with Crippen LogP contribution < -0.4 is 5.73 Å². The monoisotopic (exact) mass is 222 g/mol. The Morgan fingerprint density at radius 1 is 1.60 bits per heavy atom. The van der Waals surface area contributed by atoms with Crippen molar-refractivity contribution in [3.05, 3.63) is 22.4 Å². The van der Waals surface area contributed by atoms with Gasteiger partial charge < -0.3 is 5.73 Å². The molecule has 1 aromatic heterocycles. The van der Waals surface area contributed by atoms with E-state index in [4.69, 9.17) is 11.1 Å². The third-order valence-corrected chi connectivity index (χ3v) is 3.17. The summed E-state index contributed by atoms with van der Waals surface area (Å²) in [5.74, 6) is 0.0422. The molecule has 0 aromatic carbocycles. The number of aryl methyl sites for hydroxylation is 1. The minimum Gasteiger partial charge on any atom is -0.369 e. The summed E-state index contributed by atoms with van der Waals surface area (Å²) in [5.41, 5.74) is 7.87. The molecule has 80 valence electrons. The highest BCUT2D eigenvalue weighted by atomic mass is 32.1. The molecule has 3 N–H and O–H groups in total. The summed E-state index contributed by atoms with van der Waals surface area (Å²) in [4.78, 5) is 0. The highest BCUT2D eigenvalue weighted by Gasteiger charge is 2.15. The van der Waals surface area contributed by atoms with Gasteiger partial charge in [0.1, 0.15) is 0 Å². The molecule has 5 heteroatoms. The van der Waals surface area contributed by atoms with Gasteiger partial charge in [-0.25, -0.2) is 5.01 Å². The summed E-state index contributed by atoms with van der Waals surface area (Å²) in [6, 6.07) is 2.14. The lowest BCUT2D eigenvalue weighted by molar-refractivity contribution is 0.481. The molecule has 2 heterocycles. The number of thiophene rings is 1. The molecule has 0 atom stereocenters. The Labute approximate surface area is 92.9 Å². The fraction of sp³-hybridized carbons (Fsp3) is 0.400. The molecule has 0 amide bonds. The first-order valence-corrected chi connectivity index (χ1v) is 5.89. The van der Waals surface area contributed by atoms with Crippen LogP contribution in [0.15, 0.2) is 21.9 Å². The Hall–Kier alpha value is -1.36. The lowest BCUT2D eigenvalue weighted by atomic mass is 10.1. The van der Waals surface area contributed by atoms with E-state index in [9.17, 15) is 0 Å². The smallest absolute Gasteiger partial charge is 0.209 e. The molecule has 2 rings (SSSR count). The van der Waals surface area contributed by atoms with Gasteiger partial charge in [0.2, 0.25) is 5.96 Å².